The smallest absolute Gasteiger partial charge is 0.262 e. The highest BCUT2D eigenvalue weighted by molar-refractivity contribution is 6.31. The molecule has 1 atom stereocenters. The first-order valence-corrected chi connectivity index (χ1v) is 20.6. The molecule has 1 saturated carbocycles. The van der Waals surface area contributed by atoms with Crippen molar-refractivity contribution in [2.75, 3.05) is 55.6 Å². The van der Waals surface area contributed by atoms with E-state index in [0.29, 0.717) is 39.3 Å². The number of hydrogen-bond donors (Lipinski definition) is 2. The molecule has 0 radical (unpaired) electrons. The molecule has 3 saturated heterocycles. The monoisotopic (exact) mass is 821 g/mol. The van der Waals surface area contributed by atoms with E-state index >= 15 is 0 Å². The minimum Gasteiger partial charge on any atom is -0.489 e. The molecule has 4 aliphatic heterocycles. The van der Waals surface area contributed by atoms with E-state index in [1.165, 1.54) is 0 Å². The summed E-state index contributed by atoms with van der Waals surface area (Å²) in [4.78, 5) is 81.0. The average Bonchev–Trinajstić information content (AvgIpc) is 3.47. The van der Waals surface area contributed by atoms with E-state index in [4.69, 9.17) is 16.3 Å². The summed E-state index contributed by atoms with van der Waals surface area (Å²) in [5, 5.41) is 15.0. The van der Waals surface area contributed by atoms with Crippen molar-refractivity contribution in [3.05, 3.63) is 76.1 Å². The molecule has 59 heavy (non-hydrogen) atoms. The minimum absolute atomic E-state index is 0.0846. The summed E-state index contributed by atoms with van der Waals surface area (Å²) in [5.74, 6) is -0.526. The number of piperazine rings is 1. The first-order valence-electron chi connectivity index (χ1n) is 20.2. The van der Waals surface area contributed by atoms with Crippen molar-refractivity contribution >= 4 is 52.8 Å². The number of aromatic nitrogens is 2. The maximum Gasteiger partial charge on any atom is 0.262 e. The molecule has 0 spiro atoms. The van der Waals surface area contributed by atoms with Crippen molar-refractivity contribution in [1.82, 2.24) is 30.4 Å². The van der Waals surface area contributed by atoms with Gasteiger partial charge in [-0.3, -0.25) is 39.1 Å². The van der Waals surface area contributed by atoms with Gasteiger partial charge < -0.3 is 19.9 Å². The molecule has 15 nitrogen and oxygen atoms in total. The Morgan fingerprint density at radius 1 is 0.898 bits per heavy atom. The fourth-order valence-corrected chi connectivity index (χ4v) is 10.1. The Morgan fingerprint density at radius 3 is 2.22 bits per heavy atom. The lowest BCUT2D eigenvalue weighted by atomic mass is 9.49. The molecule has 2 N–H and O–H groups in total. The third-order valence-corrected chi connectivity index (χ3v) is 13.2. The summed E-state index contributed by atoms with van der Waals surface area (Å²) in [7, 11) is 0. The van der Waals surface area contributed by atoms with Crippen molar-refractivity contribution in [3.8, 4) is 11.8 Å². The molecular formula is C43H48ClN9O6. The molecule has 5 aliphatic rings. The zero-order chi connectivity index (χ0) is 41.8. The van der Waals surface area contributed by atoms with Gasteiger partial charge in [0, 0.05) is 93.3 Å². The average molecular weight is 822 g/mol. The number of ether oxygens (including phenoxy) is 1. The largest absolute Gasteiger partial charge is 0.489 e. The second-order valence-corrected chi connectivity index (χ2v) is 17.9. The van der Waals surface area contributed by atoms with E-state index in [-0.39, 0.29) is 36.5 Å². The number of imide groups is 2. The van der Waals surface area contributed by atoms with Crippen molar-refractivity contribution in [1.29, 1.82) is 5.26 Å². The van der Waals surface area contributed by atoms with E-state index in [0.717, 1.165) is 69.2 Å². The highest BCUT2D eigenvalue weighted by Crippen LogP contribution is 2.55. The summed E-state index contributed by atoms with van der Waals surface area (Å²) in [6.07, 6.45) is 5.19. The van der Waals surface area contributed by atoms with Gasteiger partial charge in [-0.25, -0.2) is 9.97 Å². The number of carbonyl (C=O) groups is 5. The van der Waals surface area contributed by atoms with Gasteiger partial charge in [0.05, 0.1) is 27.3 Å². The number of nitrogens with zero attached hydrogens (tertiary/aromatic N) is 7. The van der Waals surface area contributed by atoms with Crippen LogP contribution in [-0.4, -0.2) is 113 Å². The quantitative estimate of drug-likeness (QED) is 0.296. The van der Waals surface area contributed by atoms with Crippen LogP contribution in [0.4, 0.5) is 11.6 Å². The van der Waals surface area contributed by atoms with Crippen LogP contribution in [0.2, 0.25) is 5.02 Å². The van der Waals surface area contributed by atoms with Crippen LogP contribution < -0.4 is 25.2 Å². The zero-order valence-corrected chi connectivity index (χ0v) is 34.4. The number of nitrogens with one attached hydrogen (secondary N) is 2. The Kier molecular flexibility index (Phi) is 10.6. The van der Waals surface area contributed by atoms with Crippen molar-refractivity contribution in [3.63, 3.8) is 0 Å². The molecule has 1 aliphatic carbocycles. The number of piperidine rings is 2. The zero-order valence-electron chi connectivity index (χ0n) is 33.7. The van der Waals surface area contributed by atoms with Gasteiger partial charge in [0.2, 0.25) is 17.8 Å². The number of hydrogen-bond acceptors (Lipinski definition) is 12. The van der Waals surface area contributed by atoms with Gasteiger partial charge in [0.1, 0.15) is 24.0 Å². The lowest BCUT2D eigenvalue weighted by Gasteiger charge is -2.63. The fraction of sp³-hybridized carbons (Fsp3) is 0.488. The van der Waals surface area contributed by atoms with Gasteiger partial charge in [-0.2, -0.15) is 5.26 Å². The number of fused-ring (bicyclic) bond motifs is 1. The minimum atomic E-state index is -0.982. The molecule has 16 heteroatoms. The maximum absolute atomic E-state index is 13.4. The van der Waals surface area contributed by atoms with Crippen molar-refractivity contribution < 1.29 is 28.7 Å². The van der Waals surface area contributed by atoms with Crippen molar-refractivity contribution in [2.45, 2.75) is 71.6 Å². The SMILES string of the molecule is CC1(C)[C@H](NC(=O)c2cnc(N3CCC(CN4CCN(c5ccc6c(c5)C(=O)N(C5CCC(=O)NC5=O)C6=O)CC4)CC3)nc2)C(C)(C)[C@H]1Oc1ccc(C#N)c(Cl)c1. The molecule has 2 aromatic carbocycles. The molecule has 5 heterocycles. The molecule has 0 bridgehead atoms. The van der Waals surface area contributed by atoms with E-state index in [2.05, 4.69) is 69.1 Å². The molecule has 8 rings (SSSR count). The second kappa shape index (κ2) is 15.5. The topological polar surface area (TPSA) is 181 Å². The molecular weight excluding hydrogens is 774 g/mol. The highest BCUT2D eigenvalue weighted by Gasteiger charge is 2.64. The lowest BCUT2D eigenvalue weighted by Crippen LogP contribution is -2.74. The van der Waals surface area contributed by atoms with Crippen LogP contribution in [0.3, 0.4) is 0 Å². The lowest BCUT2D eigenvalue weighted by molar-refractivity contribution is -0.164. The number of benzene rings is 2. The number of anilines is 2. The van der Waals surface area contributed by atoms with Crippen LogP contribution in [0, 0.1) is 28.1 Å². The summed E-state index contributed by atoms with van der Waals surface area (Å²) in [5.41, 5.74) is 1.44. The van der Waals surface area contributed by atoms with Gasteiger partial charge >= 0.3 is 0 Å². The van der Waals surface area contributed by atoms with Gasteiger partial charge in [-0.05, 0) is 55.5 Å². The maximum atomic E-state index is 13.4. The van der Waals surface area contributed by atoms with Gasteiger partial charge in [-0.15, -0.1) is 0 Å². The first kappa shape index (κ1) is 40.2. The molecule has 1 aromatic heterocycles. The van der Waals surface area contributed by atoms with Crippen LogP contribution in [0.5, 0.6) is 5.75 Å². The standard InChI is InChI=1S/C43H48ClN9O6/c1-42(2)39(43(3,4)40(42)59-29-7-5-26(21-45)32(44)20-29)49-35(55)27-22-46-41(47-23-27)52-13-11-25(12-14-52)24-50-15-17-51(18-16-50)28-6-8-30-31(19-28)38(58)53(37(30)57)33-9-10-34(54)48-36(33)56/h5-8,19-20,22-23,25,33,39-40H,9-18,24H2,1-4H3,(H,49,55)(H,48,54,56)/t33?,39-,40-. The van der Waals surface area contributed by atoms with E-state index in [9.17, 15) is 29.2 Å². The van der Waals surface area contributed by atoms with Gasteiger partial charge in [0.15, 0.2) is 0 Å². The van der Waals surface area contributed by atoms with Crippen LogP contribution in [0.15, 0.2) is 48.8 Å². The molecule has 3 aromatic rings. The molecule has 308 valence electrons. The van der Waals surface area contributed by atoms with Crippen LogP contribution >= 0.6 is 11.6 Å². The molecule has 1 unspecified atom stereocenters. The Balaban J connectivity index is 0.789. The Bertz CT molecular complexity index is 2230. The Morgan fingerprint density at radius 2 is 1.58 bits per heavy atom. The van der Waals surface area contributed by atoms with Crippen LogP contribution in [0.25, 0.3) is 0 Å². The predicted octanol–water partition coefficient (Wildman–Crippen LogP) is 4.05. The second-order valence-electron chi connectivity index (χ2n) is 17.5. The highest BCUT2D eigenvalue weighted by atomic mass is 35.5. The van der Waals surface area contributed by atoms with E-state index in [1.54, 1.807) is 42.7 Å². The van der Waals surface area contributed by atoms with Gasteiger partial charge in [0.25, 0.3) is 17.7 Å². The molecule has 5 amide bonds. The van der Waals surface area contributed by atoms with Crippen LogP contribution in [-0.2, 0) is 9.59 Å². The third kappa shape index (κ3) is 7.48. The Labute approximate surface area is 348 Å². The Hall–Kier alpha value is -5.59. The number of nitriles is 1. The first-order chi connectivity index (χ1) is 28.1. The predicted molar refractivity (Wildman–Crippen MR) is 218 cm³/mol. The fourth-order valence-electron chi connectivity index (χ4n) is 9.94. The third-order valence-electron chi connectivity index (χ3n) is 12.9. The van der Waals surface area contributed by atoms with Gasteiger partial charge in [-0.1, -0.05) is 39.3 Å². The number of rotatable bonds is 9. The number of carbonyl (C=O) groups excluding carboxylic acids is 5. The normalized spacial score (nSPS) is 24.3. The summed E-state index contributed by atoms with van der Waals surface area (Å²) in [6.45, 7) is 14.2. The number of halogens is 1. The van der Waals surface area contributed by atoms with E-state index < -0.39 is 40.5 Å². The summed E-state index contributed by atoms with van der Waals surface area (Å²) < 4.78 is 6.36. The van der Waals surface area contributed by atoms with E-state index in [1.807, 2.05) is 6.07 Å². The molecule has 4 fully saturated rings. The van der Waals surface area contributed by atoms with Crippen molar-refractivity contribution in [2.24, 2.45) is 16.7 Å². The summed E-state index contributed by atoms with van der Waals surface area (Å²) >= 11 is 6.24. The number of amides is 5. The summed E-state index contributed by atoms with van der Waals surface area (Å²) in [6, 6.07) is 11.2. The van der Waals surface area contributed by atoms with Crippen LogP contribution in [0.1, 0.15) is 90.0 Å².